The van der Waals surface area contributed by atoms with Crippen molar-refractivity contribution in [1.29, 1.82) is 0 Å². The van der Waals surface area contributed by atoms with Crippen LogP contribution in [0.25, 0.3) is 16.7 Å². The number of hydrogen-bond acceptors (Lipinski definition) is 5. The summed E-state index contributed by atoms with van der Waals surface area (Å²) < 4.78 is 1.94. The van der Waals surface area contributed by atoms with Crippen molar-refractivity contribution in [2.45, 2.75) is 75.8 Å². The van der Waals surface area contributed by atoms with Crippen LogP contribution in [-0.2, 0) is 0 Å². The summed E-state index contributed by atoms with van der Waals surface area (Å²) in [6.45, 7) is 0. The van der Waals surface area contributed by atoms with Crippen LogP contribution in [0.4, 0.5) is 5.82 Å². The summed E-state index contributed by atoms with van der Waals surface area (Å²) in [5, 5.41) is 12.6. The quantitative estimate of drug-likeness (QED) is 0.343. The molecule has 37 heavy (non-hydrogen) atoms. The Labute approximate surface area is 217 Å². The Bertz CT molecular complexity index is 1340. The number of nitrogens with one attached hydrogen (secondary N) is 2. The lowest BCUT2D eigenvalue weighted by atomic mass is 9.88. The molecule has 0 bridgehead atoms. The number of hydrogen-bond donors (Lipinski definition) is 2. The number of anilines is 1. The molecule has 2 N–H and O–H groups in total. The van der Waals surface area contributed by atoms with Crippen LogP contribution >= 0.6 is 0 Å². The highest BCUT2D eigenvalue weighted by atomic mass is 16.1. The largest absolute Gasteiger partial charge is 0.367 e. The summed E-state index contributed by atoms with van der Waals surface area (Å²) in [6.07, 6.45) is 11.8. The molecule has 2 heterocycles. The van der Waals surface area contributed by atoms with E-state index in [-0.39, 0.29) is 11.9 Å². The molecule has 2 aliphatic rings. The molecule has 2 aromatic carbocycles. The molecular formula is C30H34N6O. The fourth-order valence-corrected chi connectivity index (χ4v) is 5.77. The second-order valence-corrected chi connectivity index (χ2v) is 10.4. The molecule has 7 nitrogen and oxygen atoms in total. The van der Waals surface area contributed by atoms with E-state index in [0.29, 0.717) is 12.0 Å². The van der Waals surface area contributed by atoms with Gasteiger partial charge in [0.15, 0.2) is 5.65 Å². The Morgan fingerprint density at radius 3 is 2.19 bits per heavy atom. The van der Waals surface area contributed by atoms with Gasteiger partial charge in [-0.25, -0.2) is 14.6 Å². The smallest absolute Gasteiger partial charge is 0.251 e. The highest BCUT2D eigenvalue weighted by Gasteiger charge is 2.26. The van der Waals surface area contributed by atoms with Crippen molar-refractivity contribution in [1.82, 2.24) is 25.1 Å². The average molecular weight is 495 g/mol. The molecule has 0 spiro atoms. The van der Waals surface area contributed by atoms with Gasteiger partial charge in [0.25, 0.3) is 5.91 Å². The standard InChI is InChI=1S/C30H34N6O/c37-30(22-12-6-2-7-13-22)33-24-18-16-23(17-19-24)32-28-26-20-31-36(25-14-8-3-9-15-25)29(26)35-27(34-28)21-10-4-1-5-11-21/h2-3,6-9,12-15,20-21,23-24H,1,4-5,10-11,16-19H2,(H,33,37)(H,32,34,35). The predicted octanol–water partition coefficient (Wildman–Crippen LogP) is 6.02. The monoisotopic (exact) mass is 494 g/mol. The van der Waals surface area contributed by atoms with Crippen molar-refractivity contribution in [3.8, 4) is 5.69 Å². The first kappa shape index (κ1) is 23.6. The molecule has 1 amide bonds. The van der Waals surface area contributed by atoms with Crippen LogP contribution in [0.15, 0.2) is 66.9 Å². The van der Waals surface area contributed by atoms with Crippen LogP contribution < -0.4 is 10.6 Å². The number of nitrogens with zero attached hydrogens (tertiary/aromatic N) is 4. The number of benzene rings is 2. The lowest BCUT2D eigenvalue weighted by molar-refractivity contribution is 0.0926. The van der Waals surface area contributed by atoms with Gasteiger partial charge in [0.2, 0.25) is 0 Å². The summed E-state index contributed by atoms with van der Waals surface area (Å²) in [4.78, 5) is 22.7. The third-order valence-corrected chi connectivity index (χ3v) is 7.86. The van der Waals surface area contributed by atoms with Crippen molar-refractivity contribution < 1.29 is 4.79 Å². The van der Waals surface area contributed by atoms with Crippen LogP contribution in [-0.4, -0.2) is 37.7 Å². The Kier molecular flexibility index (Phi) is 6.84. The molecule has 2 fully saturated rings. The van der Waals surface area contributed by atoms with E-state index in [0.717, 1.165) is 72.5 Å². The minimum Gasteiger partial charge on any atom is -0.367 e. The topological polar surface area (TPSA) is 84.7 Å². The van der Waals surface area contributed by atoms with Gasteiger partial charge in [0, 0.05) is 23.6 Å². The van der Waals surface area contributed by atoms with Gasteiger partial charge in [-0.1, -0.05) is 55.7 Å². The van der Waals surface area contributed by atoms with E-state index in [4.69, 9.17) is 15.1 Å². The molecule has 2 aliphatic carbocycles. The summed E-state index contributed by atoms with van der Waals surface area (Å²) in [7, 11) is 0. The summed E-state index contributed by atoms with van der Waals surface area (Å²) in [5.41, 5.74) is 2.59. The van der Waals surface area contributed by atoms with Crippen molar-refractivity contribution in [2.75, 3.05) is 5.32 Å². The number of aromatic nitrogens is 4. The molecule has 0 saturated heterocycles. The predicted molar refractivity (Wildman–Crippen MR) is 146 cm³/mol. The molecule has 0 aliphatic heterocycles. The molecule has 2 aromatic heterocycles. The van der Waals surface area contributed by atoms with Gasteiger partial charge >= 0.3 is 0 Å². The van der Waals surface area contributed by atoms with Gasteiger partial charge in [-0.15, -0.1) is 0 Å². The Morgan fingerprint density at radius 2 is 1.46 bits per heavy atom. The van der Waals surface area contributed by atoms with Crippen LogP contribution in [0.5, 0.6) is 0 Å². The number of carbonyl (C=O) groups excluding carboxylic acids is 1. The molecule has 7 heteroatoms. The van der Waals surface area contributed by atoms with Crippen molar-refractivity contribution >= 4 is 22.8 Å². The van der Waals surface area contributed by atoms with Gasteiger partial charge in [0.05, 0.1) is 17.3 Å². The number of fused-ring (bicyclic) bond motifs is 1. The average Bonchev–Trinajstić information content (AvgIpc) is 3.40. The summed E-state index contributed by atoms with van der Waals surface area (Å²) in [6, 6.07) is 20.2. The first-order chi connectivity index (χ1) is 18.2. The van der Waals surface area contributed by atoms with Crippen molar-refractivity contribution in [2.24, 2.45) is 0 Å². The second-order valence-electron chi connectivity index (χ2n) is 10.4. The molecular weight excluding hydrogens is 460 g/mol. The van der Waals surface area contributed by atoms with E-state index in [1.807, 2.05) is 59.4 Å². The third kappa shape index (κ3) is 5.22. The third-order valence-electron chi connectivity index (χ3n) is 7.86. The van der Waals surface area contributed by atoms with Gasteiger partial charge < -0.3 is 10.6 Å². The van der Waals surface area contributed by atoms with Crippen molar-refractivity contribution in [3.05, 3.63) is 78.2 Å². The molecule has 190 valence electrons. The number of para-hydroxylation sites is 1. The normalized spacial score (nSPS) is 20.5. The zero-order valence-corrected chi connectivity index (χ0v) is 21.1. The number of carbonyl (C=O) groups is 1. The molecule has 2 saturated carbocycles. The zero-order chi connectivity index (χ0) is 25.0. The van der Waals surface area contributed by atoms with Gasteiger partial charge in [-0.2, -0.15) is 5.10 Å². The number of amides is 1. The minimum atomic E-state index is 0.0139. The van der Waals surface area contributed by atoms with Crippen LogP contribution in [0.2, 0.25) is 0 Å². The van der Waals surface area contributed by atoms with E-state index in [9.17, 15) is 4.79 Å². The fraction of sp³-hybridized carbons (Fsp3) is 0.400. The maximum absolute atomic E-state index is 12.6. The van der Waals surface area contributed by atoms with Gasteiger partial charge in [-0.3, -0.25) is 4.79 Å². The van der Waals surface area contributed by atoms with Gasteiger partial charge in [0.1, 0.15) is 11.6 Å². The number of rotatable bonds is 6. The lowest BCUT2D eigenvalue weighted by Gasteiger charge is -2.30. The molecule has 0 atom stereocenters. The zero-order valence-electron chi connectivity index (χ0n) is 21.1. The Morgan fingerprint density at radius 1 is 0.784 bits per heavy atom. The molecule has 4 aromatic rings. The van der Waals surface area contributed by atoms with Crippen molar-refractivity contribution in [3.63, 3.8) is 0 Å². The van der Waals surface area contributed by atoms with E-state index in [2.05, 4.69) is 22.8 Å². The first-order valence-corrected chi connectivity index (χ1v) is 13.7. The highest BCUT2D eigenvalue weighted by Crippen LogP contribution is 2.34. The van der Waals surface area contributed by atoms with E-state index < -0.39 is 0 Å². The lowest BCUT2D eigenvalue weighted by Crippen LogP contribution is -2.40. The van der Waals surface area contributed by atoms with E-state index in [1.165, 1.54) is 19.3 Å². The highest BCUT2D eigenvalue weighted by molar-refractivity contribution is 5.94. The Balaban J connectivity index is 1.21. The fourth-order valence-electron chi connectivity index (χ4n) is 5.77. The first-order valence-electron chi connectivity index (χ1n) is 13.7. The second kappa shape index (κ2) is 10.7. The molecule has 0 radical (unpaired) electrons. The summed E-state index contributed by atoms with van der Waals surface area (Å²) >= 11 is 0. The molecule has 6 rings (SSSR count). The van der Waals surface area contributed by atoms with Crippen LogP contribution in [0, 0.1) is 0 Å². The van der Waals surface area contributed by atoms with E-state index >= 15 is 0 Å². The minimum absolute atomic E-state index is 0.0139. The molecule has 0 unspecified atom stereocenters. The Hall–Kier alpha value is -3.74. The van der Waals surface area contributed by atoms with Gasteiger partial charge in [-0.05, 0) is 62.8 Å². The SMILES string of the molecule is O=C(NC1CCC(Nc2nc(C3CCCCC3)nc3c2cnn3-c2ccccc2)CC1)c1ccccc1. The van der Waals surface area contributed by atoms with E-state index in [1.54, 1.807) is 0 Å². The van der Waals surface area contributed by atoms with Crippen LogP contribution in [0.1, 0.15) is 79.9 Å². The van der Waals surface area contributed by atoms with Crippen LogP contribution in [0.3, 0.4) is 0 Å². The maximum atomic E-state index is 12.6. The maximum Gasteiger partial charge on any atom is 0.251 e. The summed E-state index contributed by atoms with van der Waals surface area (Å²) in [5.74, 6) is 2.25.